The first-order chi connectivity index (χ1) is 12.9. The Labute approximate surface area is 159 Å². The quantitative estimate of drug-likeness (QED) is 0.811. The van der Waals surface area contributed by atoms with E-state index in [0.29, 0.717) is 12.3 Å². The van der Waals surface area contributed by atoms with Crippen molar-refractivity contribution in [3.05, 3.63) is 59.2 Å². The van der Waals surface area contributed by atoms with Gasteiger partial charge in [-0.25, -0.2) is 8.42 Å². The Morgan fingerprint density at radius 3 is 2.70 bits per heavy atom. The van der Waals surface area contributed by atoms with E-state index in [1.165, 1.54) is 17.0 Å². The van der Waals surface area contributed by atoms with E-state index in [2.05, 4.69) is 0 Å². The third-order valence-electron chi connectivity index (χ3n) is 5.36. The zero-order valence-corrected chi connectivity index (χ0v) is 16.2. The zero-order chi connectivity index (χ0) is 19.2. The summed E-state index contributed by atoms with van der Waals surface area (Å²) < 4.78 is 33.2. The van der Waals surface area contributed by atoms with E-state index < -0.39 is 10.0 Å². The molecule has 1 amide bonds. The second kappa shape index (κ2) is 6.65. The highest BCUT2D eigenvalue weighted by Crippen LogP contribution is 2.36. The van der Waals surface area contributed by atoms with Gasteiger partial charge in [-0.15, -0.1) is 0 Å². The molecule has 7 heteroatoms. The van der Waals surface area contributed by atoms with Crippen LogP contribution in [0, 0.1) is 6.92 Å². The number of nitrogens with zero attached hydrogens (tertiary/aromatic N) is 2. The number of carbonyl (C=O) groups excluding carboxylic acids is 1. The van der Waals surface area contributed by atoms with E-state index >= 15 is 0 Å². The van der Waals surface area contributed by atoms with Crippen LogP contribution in [0.3, 0.4) is 0 Å². The predicted molar refractivity (Wildman–Crippen MR) is 101 cm³/mol. The molecule has 1 unspecified atom stereocenters. The average Bonchev–Trinajstić information content (AvgIpc) is 2.67. The van der Waals surface area contributed by atoms with Crippen molar-refractivity contribution in [1.29, 1.82) is 0 Å². The molecular formula is C20H22N2O4S. The van der Waals surface area contributed by atoms with E-state index in [4.69, 9.17) is 4.74 Å². The molecule has 2 aliphatic heterocycles. The van der Waals surface area contributed by atoms with Crippen molar-refractivity contribution in [2.75, 3.05) is 26.7 Å². The maximum absolute atomic E-state index is 13.3. The van der Waals surface area contributed by atoms with Crippen molar-refractivity contribution in [2.45, 2.75) is 24.3 Å². The number of fused-ring (bicyclic) bond motifs is 3. The van der Waals surface area contributed by atoms with Gasteiger partial charge in [0.2, 0.25) is 15.9 Å². The van der Waals surface area contributed by atoms with E-state index in [1.807, 2.05) is 36.1 Å². The molecule has 1 atom stereocenters. The lowest BCUT2D eigenvalue weighted by Gasteiger charge is -2.44. The molecule has 1 fully saturated rings. The monoisotopic (exact) mass is 386 g/mol. The summed E-state index contributed by atoms with van der Waals surface area (Å²) in [5.41, 5.74) is 3.04. The van der Waals surface area contributed by atoms with Crippen LogP contribution in [0.25, 0.3) is 0 Å². The van der Waals surface area contributed by atoms with Crippen molar-refractivity contribution in [1.82, 2.24) is 9.21 Å². The number of amides is 1. The van der Waals surface area contributed by atoms with Gasteiger partial charge >= 0.3 is 0 Å². The minimum atomic E-state index is -3.85. The Morgan fingerprint density at radius 2 is 1.93 bits per heavy atom. The Balaban J connectivity index is 1.74. The molecule has 27 heavy (non-hydrogen) atoms. The van der Waals surface area contributed by atoms with Gasteiger partial charge in [0, 0.05) is 13.1 Å². The van der Waals surface area contributed by atoms with Crippen LogP contribution in [0.1, 0.15) is 22.7 Å². The van der Waals surface area contributed by atoms with Gasteiger partial charge in [0.15, 0.2) is 0 Å². The van der Waals surface area contributed by atoms with Crippen LogP contribution in [0.4, 0.5) is 0 Å². The van der Waals surface area contributed by atoms with Gasteiger partial charge < -0.3 is 9.64 Å². The Bertz CT molecular complexity index is 1000. The molecule has 2 aromatic rings. The van der Waals surface area contributed by atoms with E-state index in [1.54, 1.807) is 18.2 Å². The van der Waals surface area contributed by atoms with Gasteiger partial charge in [0.25, 0.3) is 0 Å². The van der Waals surface area contributed by atoms with Crippen molar-refractivity contribution in [3.63, 3.8) is 0 Å². The second-order valence-corrected chi connectivity index (χ2v) is 8.91. The molecule has 2 aromatic carbocycles. The molecule has 0 aliphatic carbocycles. The third-order valence-corrected chi connectivity index (χ3v) is 7.19. The molecule has 0 saturated carbocycles. The summed E-state index contributed by atoms with van der Waals surface area (Å²) in [6.45, 7) is 2.57. The lowest BCUT2D eigenvalue weighted by Crippen LogP contribution is -2.55. The number of sulfonamides is 1. The van der Waals surface area contributed by atoms with Gasteiger partial charge in [0.1, 0.15) is 10.6 Å². The first-order valence-electron chi connectivity index (χ1n) is 8.94. The maximum Gasteiger partial charge on any atom is 0.247 e. The average molecular weight is 386 g/mol. The minimum absolute atomic E-state index is 0.107. The lowest BCUT2D eigenvalue weighted by molar-refractivity contribution is -0.138. The van der Waals surface area contributed by atoms with Gasteiger partial charge in [-0.3, -0.25) is 4.79 Å². The molecule has 0 bridgehead atoms. The number of aryl methyl sites for hydroxylation is 1. The molecule has 1 saturated heterocycles. The highest BCUT2D eigenvalue weighted by atomic mass is 32.2. The highest BCUT2D eigenvalue weighted by molar-refractivity contribution is 7.89. The van der Waals surface area contributed by atoms with Crippen LogP contribution in [-0.4, -0.2) is 50.3 Å². The Kier molecular flexibility index (Phi) is 4.44. The summed E-state index contributed by atoms with van der Waals surface area (Å²) in [4.78, 5) is 14.7. The molecule has 4 rings (SSSR count). The number of hydrogen-bond acceptors (Lipinski definition) is 4. The van der Waals surface area contributed by atoms with Crippen LogP contribution in [0.5, 0.6) is 5.75 Å². The molecule has 0 spiro atoms. The number of rotatable bonds is 3. The summed E-state index contributed by atoms with van der Waals surface area (Å²) in [5, 5.41) is 0. The summed E-state index contributed by atoms with van der Waals surface area (Å²) in [7, 11) is -2.40. The van der Waals surface area contributed by atoms with Gasteiger partial charge in [-0.05, 0) is 42.2 Å². The zero-order valence-electron chi connectivity index (χ0n) is 15.4. The molecule has 6 nitrogen and oxygen atoms in total. The summed E-state index contributed by atoms with van der Waals surface area (Å²) in [6, 6.07) is 12.8. The smallest absolute Gasteiger partial charge is 0.247 e. The minimum Gasteiger partial charge on any atom is -0.495 e. The molecular weight excluding hydrogens is 364 g/mol. The van der Waals surface area contributed by atoms with Gasteiger partial charge in [-0.1, -0.05) is 30.3 Å². The number of hydrogen-bond donors (Lipinski definition) is 0. The van der Waals surface area contributed by atoms with Crippen LogP contribution in [-0.2, 0) is 21.2 Å². The van der Waals surface area contributed by atoms with Crippen LogP contribution in [0.15, 0.2) is 47.4 Å². The number of ether oxygens (including phenoxy) is 1. The van der Waals surface area contributed by atoms with E-state index in [9.17, 15) is 13.2 Å². The number of piperazine rings is 1. The molecule has 0 radical (unpaired) electrons. The second-order valence-electron chi connectivity index (χ2n) is 7.00. The highest BCUT2D eigenvalue weighted by Gasteiger charge is 2.42. The molecule has 0 aromatic heterocycles. The Morgan fingerprint density at radius 1 is 1.15 bits per heavy atom. The van der Waals surface area contributed by atoms with Gasteiger partial charge in [0.05, 0.1) is 19.7 Å². The first kappa shape index (κ1) is 18.0. The normalized spacial score (nSPS) is 20.1. The maximum atomic E-state index is 13.3. The van der Waals surface area contributed by atoms with Crippen molar-refractivity contribution >= 4 is 15.9 Å². The van der Waals surface area contributed by atoms with Crippen LogP contribution < -0.4 is 4.74 Å². The summed E-state index contributed by atoms with van der Waals surface area (Å²) >= 11 is 0. The van der Waals surface area contributed by atoms with Crippen molar-refractivity contribution in [2.24, 2.45) is 0 Å². The lowest BCUT2D eigenvalue weighted by atomic mass is 9.91. The third kappa shape index (κ3) is 3.00. The molecule has 0 N–H and O–H groups in total. The largest absolute Gasteiger partial charge is 0.495 e. The van der Waals surface area contributed by atoms with E-state index in [0.717, 1.165) is 17.5 Å². The van der Waals surface area contributed by atoms with Crippen molar-refractivity contribution in [3.8, 4) is 5.75 Å². The first-order valence-corrected chi connectivity index (χ1v) is 10.4. The summed E-state index contributed by atoms with van der Waals surface area (Å²) in [5.74, 6) is 0.135. The topological polar surface area (TPSA) is 66.9 Å². The Hall–Kier alpha value is -2.38. The fraction of sp³-hybridized carbons (Fsp3) is 0.350. The van der Waals surface area contributed by atoms with Crippen LogP contribution in [0.2, 0.25) is 0 Å². The fourth-order valence-electron chi connectivity index (χ4n) is 3.95. The fourth-order valence-corrected chi connectivity index (χ4v) is 5.59. The molecule has 2 aliphatic rings. The molecule has 2 heterocycles. The standard InChI is InChI=1S/C20H22N2O4S/c1-14-7-8-18(26-2)19(11-14)27(24,25)21-12-17-16-6-4-3-5-15(16)9-10-22(17)20(23)13-21/h3-8,11,17H,9-10,12-13H2,1-2H3. The van der Waals surface area contributed by atoms with Crippen molar-refractivity contribution < 1.29 is 17.9 Å². The van der Waals surface area contributed by atoms with Gasteiger partial charge in [-0.2, -0.15) is 4.31 Å². The summed E-state index contributed by atoms with van der Waals surface area (Å²) in [6.07, 6.45) is 0.802. The number of methoxy groups -OCH3 is 1. The predicted octanol–water partition coefficient (Wildman–Crippen LogP) is 2.13. The molecule has 142 valence electrons. The number of carbonyl (C=O) groups is 1. The number of benzene rings is 2. The van der Waals surface area contributed by atoms with E-state index in [-0.39, 0.29) is 29.9 Å². The SMILES string of the molecule is COc1ccc(C)cc1S(=O)(=O)N1CC(=O)N2CCc3ccccc3C2C1. The van der Waals surface area contributed by atoms with Crippen LogP contribution >= 0.6 is 0 Å².